The number of carbonyl (C=O) groups excluding carboxylic acids is 1. The van der Waals surface area contributed by atoms with Crippen LogP contribution in [0.4, 0.5) is 19.0 Å². The van der Waals surface area contributed by atoms with Gasteiger partial charge < -0.3 is 15.1 Å². The summed E-state index contributed by atoms with van der Waals surface area (Å²) >= 11 is 0. The van der Waals surface area contributed by atoms with Crippen molar-refractivity contribution in [1.29, 1.82) is 0 Å². The zero-order valence-electron chi connectivity index (χ0n) is 19.3. The maximum atomic E-state index is 13.7. The lowest BCUT2D eigenvalue weighted by Crippen LogP contribution is -2.52. The molecule has 3 aliphatic rings. The molecule has 3 heterocycles. The topological polar surface area (TPSA) is 61.4 Å². The van der Waals surface area contributed by atoms with E-state index in [1.165, 1.54) is 17.7 Å². The molecule has 5 rings (SSSR count). The Bertz CT molecular complexity index is 1030. The number of rotatable bonds is 4. The SMILES string of the molecule is C[C@@H]1CCc2ncnc(N3CCN(C(=O)[C@@H](c4ccc(C(F)(F)F)cc4)[C@@H]4CCCN4)CC3)c21. The van der Waals surface area contributed by atoms with Gasteiger partial charge in [-0.25, -0.2) is 9.97 Å². The quantitative estimate of drug-likeness (QED) is 0.733. The molecule has 0 saturated carbocycles. The van der Waals surface area contributed by atoms with Crippen LogP contribution in [-0.4, -0.2) is 59.5 Å². The lowest BCUT2D eigenvalue weighted by atomic mass is 9.88. The van der Waals surface area contributed by atoms with Gasteiger partial charge in [0.2, 0.25) is 5.91 Å². The molecule has 2 saturated heterocycles. The summed E-state index contributed by atoms with van der Waals surface area (Å²) in [7, 11) is 0. The summed E-state index contributed by atoms with van der Waals surface area (Å²) < 4.78 is 39.2. The van der Waals surface area contributed by atoms with Crippen LogP contribution in [0.5, 0.6) is 0 Å². The molecular formula is C25H30F3N5O. The van der Waals surface area contributed by atoms with E-state index in [2.05, 4.69) is 27.1 Å². The van der Waals surface area contributed by atoms with E-state index in [1.54, 1.807) is 6.33 Å². The summed E-state index contributed by atoms with van der Waals surface area (Å²) in [4.78, 5) is 26.8. The van der Waals surface area contributed by atoms with E-state index < -0.39 is 17.7 Å². The molecule has 1 N–H and O–H groups in total. The molecule has 0 bridgehead atoms. The molecule has 3 atom stereocenters. The van der Waals surface area contributed by atoms with Crippen molar-refractivity contribution in [3.63, 3.8) is 0 Å². The predicted octanol–water partition coefficient (Wildman–Crippen LogP) is 3.73. The molecule has 0 radical (unpaired) electrons. The molecule has 182 valence electrons. The van der Waals surface area contributed by atoms with E-state index in [4.69, 9.17) is 0 Å². The first-order chi connectivity index (χ1) is 16.3. The van der Waals surface area contributed by atoms with Crippen LogP contribution in [0.15, 0.2) is 30.6 Å². The highest BCUT2D eigenvalue weighted by Crippen LogP contribution is 2.38. The monoisotopic (exact) mass is 473 g/mol. The highest BCUT2D eigenvalue weighted by molar-refractivity contribution is 5.85. The molecule has 9 heteroatoms. The number of nitrogens with zero attached hydrogens (tertiary/aromatic N) is 4. The first-order valence-electron chi connectivity index (χ1n) is 12.1. The Labute approximate surface area is 197 Å². The third-order valence-electron chi connectivity index (χ3n) is 7.51. The van der Waals surface area contributed by atoms with E-state index in [0.29, 0.717) is 37.7 Å². The minimum absolute atomic E-state index is 0.0138. The normalized spacial score (nSPS) is 23.8. The summed E-state index contributed by atoms with van der Waals surface area (Å²) in [5.41, 5.74) is 2.31. The Morgan fingerprint density at radius 1 is 1.09 bits per heavy atom. The van der Waals surface area contributed by atoms with Crippen LogP contribution in [0.1, 0.15) is 60.4 Å². The minimum Gasteiger partial charge on any atom is -0.353 e. The van der Waals surface area contributed by atoms with Crippen molar-refractivity contribution >= 4 is 11.7 Å². The summed E-state index contributed by atoms with van der Waals surface area (Å²) in [6.07, 6.45) is 1.10. The second-order valence-corrected chi connectivity index (χ2v) is 9.61. The number of halogens is 3. The smallest absolute Gasteiger partial charge is 0.353 e. The van der Waals surface area contributed by atoms with Gasteiger partial charge in [-0.05, 0) is 55.8 Å². The highest BCUT2D eigenvalue weighted by atomic mass is 19.4. The molecule has 2 aromatic rings. The number of aromatic nitrogens is 2. The van der Waals surface area contributed by atoms with Crippen LogP contribution < -0.4 is 10.2 Å². The van der Waals surface area contributed by atoms with Crippen molar-refractivity contribution < 1.29 is 18.0 Å². The van der Waals surface area contributed by atoms with Crippen molar-refractivity contribution in [2.24, 2.45) is 0 Å². The average molecular weight is 474 g/mol. The summed E-state index contributed by atoms with van der Waals surface area (Å²) in [5.74, 6) is 0.918. The Hall–Kier alpha value is -2.68. The second-order valence-electron chi connectivity index (χ2n) is 9.61. The van der Waals surface area contributed by atoms with Crippen LogP contribution in [0.25, 0.3) is 0 Å². The number of alkyl halides is 3. The zero-order chi connectivity index (χ0) is 23.9. The van der Waals surface area contributed by atoms with Crippen LogP contribution in [0.2, 0.25) is 0 Å². The van der Waals surface area contributed by atoms with Crippen LogP contribution in [0.3, 0.4) is 0 Å². The standard InChI is InChI=1S/C25H30F3N5O/c1-16-4-9-20-21(16)23(31-15-30-20)32-11-13-33(14-12-32)24(34)22(19-3-2-10-29-19)17-5-7-18(8-6-17)25(26,27)28/h5-8,15-16,19,22,29H,2-4,9-14H2,1H3/t16-,19+,22+/m1/s1. The number of aryl methyl sites for hydroxylation is 1. The number of benzene rings is 1. The average Bonchev–Trinajstić information content (AvgIpc) is 3.49. The number of nitrogens with one attached hydrogen (secondary N) is 1. The zero-order valence-corrected chi connectivity index (χ0v) is 19.3. The third kappa shape index (κ3) is 4.37. The Kier molecular flexibility index (Phi) is 6.22. The minimum atomic E-state index is -4.39. The lowest BCUT2D eigenvalue weighted by molar-refractivity contribution is -0.137. The summed E-state index contributed by atoms with van der Waals surface area (Å²) in [6, 6.07) is 5.03. The van der Waals surface area contributed by atoms with Gasteiger partial charge in [0.05, 0.1) is 11.5 Å². The first kappa shape index (κ1) is 23.1. The highest BCUT2D eigenvalue weighted by Gasteiger charge is 2.37. The molecule has 2 fully saturated rings. The van der Waals surface area contributed by atoms with Crippen molar-refractivity contribution in [3.8, 4) is 0 Å². The summed E-state index contributed by atoms with van der Waals surface area (Å²) in [6.45, 7) is 5.52. The van der Waals surface area contributed by atoms with Crippen molar-refractivity contribution in [3.05, 3.63) is 53.0 Å². The fourth-order valence-electron chi connectivity index (χ4n) is 5.63. The molecule has 1 aromatic carbocycles. The predicted molar refractivity (Wildman–Crippen MR) is 123 cm³/mol. The number of amides is 1. The van der Waals surface area contributed by atoms with Gasteiger partial charge in [-0.3, -0.25) is 4.79 Å². The number of anilines is 1. The van der Waals surface area contributed by atoms with Gasteiger partial charge in [0, 0.05) is 43.5 Å². The van der Waals surface area contributed by atoms with Crippen LogP contribution >= 0.6 is 0 Å². The molecule has 1 aliphatic carbocycles. The number of piperazine rings is 1. The van der Waals surface area contributed by atoms with Crippen molar-refractivity contribution in [2.45, 2.75) is 56.7 Å². The van der Waals surface area contributed by atoms with Crippen molar-refractivity contribution in [2.75, 3.05) is 37.6 Å². The van der Waals surface area contributed by atoms with Gasteiger partial charge in [-0.15, -0.1) is 0 Å². The van der Waals surface area contributed by atoms with Gasteiger partial charge in [-0.2, -0.15) is 13.2 Å². The van der Waals surface area contributed by atoms with Gasteiger partial charge in [0.15, 0.2) is 0 Å². The number of hydrogen-bond donors (Lipinski definition) is 1. The van der Waals surface area contributed by atoms with Crippen LogP contribution in [0, 0.1) is 0 Å². The second kappa shape index (κ2) is 9.17. The first-order valence-corrected chi connectivity index (χ1v) is 12.1. The van der Waals surface area contributed by atoms with Gasteiger partial charge in [0.1, 0.15) is 12.1 Å². The largest absolute Gasteiger partial charge is 0.416 e. The third-order valence-corrected chi connectivity index (χ3v) is 7.51. The Morgan fingerprint density at radius 2 is 1.82 bits per heavy atom. The lowest BCUT2D eigenvalue weighted by Gasteiger charge is -2.39. The number of carbonyl (C=O) groups is 1. The van der Waals surface area contributed by atoms with E-state index in [9.17, 15) is 18.0 Å². The number of fused-ring (bicyclic) bond motifs is 1. The molecule has 34 heavy (non-hydrogen) atoms. The Morgan fingerprint density at radius 3 is 2.47 bits per heavy atom. The van der Waals surface area contributed by atoms with Crippen LogP contribution in [-0.2, 0) is 17.4 Å². The maximum absolute atomic E-state index is 13.7. The molecule has 6 nitrogen and oxygen atoms in total. The molecule has 0 unspecified atom stereocenters. The molecule has 2 aliphatic heterocycles. The summed E-state index contributed by atoms with van der Waals surface area (Å²) in [5, 5.41) is 3.39. The Balaban J connectivity index is 1.32. The molecule has 0 spiro atoms. The fraction of sp³-hybridized carbons (Fsp3) is 0.560. The molecule has 1 aromatic heterocycles. The van der Waals surface area contributed by atoms with E-state index >= 15 is 0 Å². The van der Waals surface area contributed by atoms with Gasteiger partial charge in [-0.1, -0.05) is 19.1 Å². The van der Waals surface area contributed by atoms with Gasteiger partial charge >= 0.3 is 6.18 Å². The van der Waals surface area contributed by atoms with Gasteiger partial charge in [0.25, 0.3) is 0 Å². The van der Waals surface area contributed by atoms with E-state index in [1.807, 2.05) is 4.90 Å². The molecular weight excluding hydrogens is 443 g/mol. The van der Waals surface area contributed by atoms with E-state index in [0.717, 1.165) is 55.9 Å². The number of hydrogen-bond acceptors (Lipinski definition) is 5. The molecule has 1 amide bonds. The van der Waals surface area contributed by atoms with Crippen molar-refractivity contribution in [1.82, 2.24) is 20.2 Å². The maximum Gasteiger partial charge on any atom is 0.416 e. The van der Waals surface area contributed by atoms with E-state index in [-0.39, 0.29) is 11.9 Å². The fourth-order valence-corrected chi connectivity index (χ4v) is 5.63.